The molecule has 0 bridgehead atoms. The van der Waals surface area contributed by atoms with E-state index >= 15 is 0 Å². The van der Waals surface area contributed by atoms with Gasteiger partial charge >= 0.3 is 0 Å². The lowest BCUT2D eigenvalue weighted by molar-refractivity contribution is -0.617. The zero-order valence-corrected chi connectivity index (χ0v) is 26.1. The predicted molar refractivity (Wildman–Crippen MR) is 163 cm³/mol. The second kappa shape index (κ2) is 13.4. The van der Waals surface area contributed by atoms with Crippen LogP contribution in [0.5, 0.6) is 0 Å². The van der Waals surface area contributed by atoms with Crippen molar-refractivity contribution in [3.63, 3.8) is 0 Å². The van der Waals surface area contributed by atoms with Gasteiger partial charge in [0.25, 0.3) is 11.8 Å². The number of nitrogens with zero attached hydrogens (tertiary/aromatic N) is 2. The van der Waals surface area contributed by atoms with Crippen molar-refractivity contribution in [2.24, 2.45) is 0 Å². The van der Waals surface area contributed by atoms with Crippen molar-refractivity contribution in [3.8, 4) is 0 Å². The van der Waals surface area contributed by atoms with Crippen LogP contribution >= 0.6 is 23.2 Å². The van der Waals surface area contributed by atoms with E-state index in [4.69, 9.17) is 28.0 Å². The van der Waals surface area contributed by atoms with Crippen LogP contribution in [0.4, 0.5) is 0 Å². The van der Waals surface area contributed by atoms with Crippen molar-refractivity contribution in [2.75, 3.05) is 6.26 Å². The average molecular weight is 664 g/mol. The van der Waals surface area contributed by atoms with Crippen LogP contribution in [0.25, 0.3) is 0 Å². The number of nitrogens with one attached hydrogen (secondary N) is 2. The van der Waals surface area contributed by atoms with Gasteiger partial charge in [-0.1, -0.05) is 60.3 Å². The number of carbonyl (C=O) groups excluding carboxylic acids is 2. The van der Waals surface area contributed by atoms with E-state index < -0.39 is 40.0 Å². The summed E-state index contributed by atoms with van der Waals surface area (Å²) in [7, 11) is -3.62. The molecule has 1 aliphatic heterocycles. The first kappa shape index (κ1) is 32.1. The van der Waals surface area contributed by atoms with Gasteiger partial charge in [0.2, 0.25) is 15.7 Å². The summed E-state index contributed by atoms with van der Waals surface area (Å²) in [6, 6.07) is 12.3. The third-order valence-electron chi connectivity index (χ3n) is 8.03. The number of rotatable bonds is 9. The van der Waals surface area contributed by atoms with Gasteiger partial charge in [-0.25, -0.2) is 18.6 Å². The molecular formula is C30H32Cl2N4O7S. The van der Waals surface area contributed by atoms with Gasteiger partial charge in [-0.2, -0.15) is 4.73 Å². The standard InChI is InChI=1S/C30H32Cl2N4O7S/c1-44(41,42)34-25-8-4-5-9-26(25)36-28(23-11-10-19(31)15-24(23)32)27(21-6-2-3-7-22(21)30(36)39)29(38)33-43-17-20-14-18(16-37)12-13-35(20)40/h2-3,6-7,10-15,25-28,34,37H,4-5,8-9,16-17H2,1H3,(H,33,38)/t25-,26-,27+,28-/m0/s1. The van der Waals surface area contributed by atoms with Gasteiger partial charge in [-0.15, -0.1) is 0 Å². The number of sulfonamides is 1. The Morgan fingerprint density at radius 2 is 1.86 bits per heavy atom. The number of hydroxylamine groups is 1. The van der Waals surface area contributed by atoms with Crippen molar-refractivity contribution in [1.82, 2.24) is 15.1 Å². The fraction of sp³-hybridized carbons (Fsp3) is 0.367. The molecule has 0 spiro atoms. The number of hydrogen-bond donors (Lipinski definition) is 3. The summed E-state index contributed by atoms with van der Waals surface area (Å²) in [6.07, 6.45) is 4.83. The van der Waals surface area contributed by atoms with Crippen molar-refractivity contribution >= 4 is 45.0 Å². The number of halogens is 2. The maximum Gasteiger partial charge on any atom is 0.255 e. The second-order valence-electron chi connectivity index (χ2n) is 11.0. The maximum atomic E-state index is 14.3. The molecule has 0 radical (unpaired) electrons. The fourth-order valence-electron chi connectivity index (χ4n) is 6.16. The van der Waals surface area contributed by atoms with Gasteiger partial charge in [-0.05, 0) is 47.7 Å². The molecule has 11 nitrogen and oxygen atoms in total. The second-order valence-corrected chi connectivity index (χ2v) is 13.6. The van der Waals surface area contributed by atoms with Crippen LogP contribution in [0, 0.1) is 5.21 Å². The van der Waals surface area contributed by atoms with Crippen LogP contribution in [0.3, 0.4) is 0 Å². The molecule has 1 aromatic heterocycles. The van der Waals surface area contributed by atoms with Gasteiger partial charge in [0, 0.05) is 39.8 Å². The van der Waals surface area contributed by atoms with Gasteiger partial charge in [-0.3, -0.25) is 14.4 Å². The van der Waals surface area contributed by atoms with E-state index in [0.29, 0.717) is 44.8 Å². The molecule has 1 saturated carbocycles. The van der Waals surface area contributed by atoms with Crippen molar-refractivity contribution in [1.29, 1.82) is 0 Å². The molecule has 2 aromatic carbocycles. The highest BCUT2D eigenvalue weighted by atomic mass is 35.5. The van der Waals surface area contributed by atoms with E-state index in [1.807, 2.05) is 0 Å². The highest BCUT2D eigenvalue weighted by Crippen LogP contribution is 2.47. The first-order valence-corrected chi connectivity index (χ1v) is 16.7. The molecule has 4 atom stereocenters. The van der Waals surface area contributed by atoms with Gasteiger partial charge in [0.1, 0.15) is 0 Å². The summed E-state index contributed by atoms with van der Waals surface area (Å²) in [6.45, 7) is -0.571. The van der Waals surface area contributed by atoms with E-state index in [0.717, 1.165) is 19.1 Å². The highest BCUT2D eigenvalue weighted by Gasteiger charge is 2.49. The van der Waals surface area contributed by atoms with Gasteiger partial charge in [0.15, 0.2) is 12.8 Å². The third kappa shape index (κ3) is 6.85. The number of aromatic nitrogens is 1. The van der Waals surface area contributed by atoms with E-state index in [1.54, 1.807) is 41.3 Å². The van der Waals surface area contributed by atoms with E-state index in [2.05, 4.69) is 10.2 Å². The molecule has 44 heavy (non-hydrogen) atoms. The molecule has 1 fully saturated rings. The number of hydrogen-bond acceptors (Lipinski definition) is 7. The number of benzene rings is 2. The lowest BCUT2D eigenvalue weighted by Crippen LogP contribution is -2.59. The highest BCUT2D eigenvalue weighted by molar-refractivity contribution is 7.88. The summed E-state index contributed by atoms with van der Waals surface area (Å²) in [5.74, 6) is -2.00. The lowest BCUT2D eigenvalue weighted by Gasteiger charge is -2.49. The quantitative estimate of drug-likeness (QED) is 0.180. The average Bonchev–Trinajstić information content (AvgIpc) is 2.98. The Bertz CT molecular complexity index is 1670. The smallest absolute Gasteiger partial charge is 0.255 e. The molecule has 5 rings (SSSR count). The summed E-state index contributed by atoms with van der Waals surface area (Å²) < 4.78 is 28.0. The van der Waals surface area contributed by atoms with Crippen LogP contribution in [0.1, 0.15) is 70.4 Å². The summed E-state index contributed by atoms with van der Waals surface area (Å²) in [5, 5.41) is 22.3. The Kier molecular flexibility index (Phi) is 9.78. The zero-order chi connectivity index (χ0) is 31.6. The summed E-state index contributed by atoms with van der Waals surface area (Å²) in [4.78, 5) is 35.5. The van der Waals surface area contributed by atoms with Gasteiger partial charge in [0.05, 0.1) is 24.8 Å². The first-order valence-electron chi connectivity index (χ1n) is 14.1. The van der Waals surface area contributed by atoms with Crippen LogP contribution in [0.15, 0.2) is 60.8 Å². The fourth-order valence-corrected chi connectivity index (χ4v) is 7.51. The van der Waals surface area contributed by atoms with E-state index in [9.17, 15) is 28.3 Å². The van der Waals surface area contributed by atoms with Gasteiger partial charge < -0.3 is 15.2 Å². The number of amides is 2. The number of fused-ring (bicyclic) bond motifs is 1. The molecular weight excluding hydrogens is 631 g/mol. The minimum absolute atomic E-state index is 0.159. The predicted octanol–water partition coefficient (Wildman–Crippen LogP) is 3.51. The van der Waals surface area contributed by atoms with Crippen LogP contribution in [-0.4, -0.2) is 48.6 Å². The molecule has 2 heterocycles. The summed E-state index contributed by atoms with van der Waals surface area (Å²) in [5.41, 5.74) is 4.30. The molecule has 234 valence electrons. The lowest BCUT2D eigenvalue weighted by atomic mass is 9.76. The largest absolute Gasteiger partial charge is 0.618 e. The molecule has 14 heteroatoms. The number of pyridine rings is 1. The third-order valence-corrected chi connectivity index (χ3v) is 9.32. The van der Waals surface area contributed by atoms with Crippen molar-refractivity contribution in [3.05, 3.63) is 104 Å². The van der Waals surface area contributed by atoms with Crippen LogP contribution in [0.2, 0.25) is 10.0 Å². The van der Waals surface area contributed by atoms with Crippen LogP contribution < -0.4 is 14.9 Å². The zero-order valence-electron chi connectivity index (χ0n) is 23.8. The molecule has 3 N–H and O–H groups in total. The Morgan fingerprint density at radius 3 is 2.59 bits per heavy atom. The molecule has 0 saturated heterocycles. The molecule has 1 aliphatic carbocycles. The van der Waals surface area contributed by atoms with Crippen molar-refractivity contribution < 1.29 is 32.7 Å². The Labute approximate surface area is 265 Å². The Hall–Kier alpha value is -3.26. The van der Waals surface area contributed by atoms with E-state index in [-0.39, 0.29) is 29.8 Å². The Morgan fingerprint density at radius 1 is 1.11 bits per heavy atom. The number of aliphatic hydroxyl groups is 1. The monoisotopic (exact) mass is 662 g/mol. The van der Waals surface area contributed by atoms with E-state index in [1.165, 1.54) is 24.4 Å². The maximum absolute atomic E-state index is 14.3. The molecule has 2 amide bonds. The Balaban J connectivity index is 1.58. The number of carbonyl (C=O) groups is 2. The molecule has 0 unspecified atom stereocenters. The topological polar surface area (TPSA) is 152 Å². The first-order chi connectivity index (χ1) is 21.0. The molecule has 2 aliphatic rings. The molecule has 3 aromatic rings. The summed E-state index contributed by atoms with van der Waals surface area (Å²) >= 11 is 13.0. The minimum Gasteiger partial charge on any atom is -0.618 e. The number of aliphatic hydroxyl groups excluding tert-OH is 1. The normalized spacial score (nSPS) is 22.0. The SMILES string of the molecule is CS(=O)(=O)N[C@H]1CCCC[C@@H]1N1C(=O)c2ccccc2[C@@H](C(=O)NOCc2cc(CO)cc[n+]2[O-])[C@@H]1c1ccc(Cl)cc1Cl. The van der Waals surface area contributed by atoms with Crippen LogP contribution in [-0.2, 0) is 32.9 Å². The minimum atomic E-state index is -3.62. The van der Waals surface area contributed by atoms with Crippen molar-refractivity contribution in [2.45, 2.75) is 62.9 Å².